The summed E-state index contributed by atoms with van der Waals surface area (Å²) in [6, 6.07) is 16.4. The number of aliphatic imine (C=N–C) groups is 1. The number of carbonyl (C=O) groups is 1. The summed E-state index contributed by atoms with van der Waals surface area (Å²) in [6.07, 6.45) is 0.00403. The SMILES string of the molecule is CC(=O)[O-].CC(C)=NC1CCn2c(=O)[nH]c3cccc(c32)C1O.CC(C)NC1CCn2c(=O)[nH]c3cccc(c32)C1O.NC1CCn2c(=O)[n-]c3cccc(c32)C1O.[K+]. The van der Waals surface area contributed by atoms with E-state index in [4.69, 9.17) is 15.6 Å². The van der Waals surface area contributed by atoms with Crippen molar-refractivity contribution in [2.45, 2.75) is 116 Å². The first kappa shape index (κ1) is 46.1. The van der Waals surface area contributed by atoms with Crippen LogP contribution in [0.15, 0.2) is 74.0 Å². The molecule has 0 fully saturated rings. The molecule has 0 aliphatic carbocycles. The van der Waals surface area contributed by atoms with Crippen LogP contribution >= 0.6 is 0 Å². The zero-order valence-electron chi connectivity index (χ0n) is 34.2. The Morgan fingerprint density at radius 3 is 1.81 bits per heavy atom. The monoisotopic (exact) mass is 836 g/mol. The summed E-state index contributed by atoms with van der Waals surface area (Å²) < 4.78 is 5.03. The number of imidazole rings is 3. The molecule has 0 spiro atoms. The van der Waals surface area contributed by atoms with Gasteiger partial charge >= 0.3 is 62.8 Å². The molecule has 0 amide bonds. The van der Waals surface area contributed by atoms with Gasteiger partial charge in [-0.3, -0.25) is 18.9 Å². The first-order valence-electron chi connectivity index (χ1n) is 19.4. The number of aliphatic carboxylic acids is 1. The average molecular weight is 837 g/mol. The van der Waals surface area contributed by atoms with Crippen molar-refractivity contribution in [2.24, 2.45) is 10.7 Å². The van der Waals surface area contributed by atoms with Crippen molar-refractivity contribution in [1.82, 2.24) is 34.0 Å². The van der Waals surface area contributed by atoms with Gasteiger partial charge in [0.05, 0.1) is 40.3 Å². The summed E-state index contributed by atoms with van der Waals surface area (Å²) in [7, 11) is 0. The maximum Gasteiger partial charge on any atom is 1.00 e. The zero-order valence-corrected chi connectivity index (χ0v) is 37.3. The molecule has 17 nitrogen and oxygen atoms in total. The number of hydrogen-bond donors (Lipinski definition) is 7. The van der Waals surface area contributed by atoms with Crippen LogP contribution < -0.4 is 89.6 Å². The third kappa shape index (κ3) is 9.99. The molecule has 59 heavy (non-hydrogen) atoms. The van der Waals surface area contributed by atoms with Crippen molar-refractivity contribution in [3.63, 3.8) is 0 Å². The van der Waals surface area contributed by atoms with E-state index in [2.05, 4.69) is 39.1 Å². The molecule has 0 radical (unpaired) electrons. The second-order valence-corrected chi connectivity index (χ2v) is 15.3. The van der Waals surface area contributed by atoms with E-state index >= 15 is 0 Å². The van der Waals surface area contributed by atoms with Gasteiger partial charge in [-0.05, 0) is 75.3 Å². The maximum atomic E-state index is 11.9. The van der Waals surface area contributed by atoms with Crippen LogP contribution in [0.2, 0.25) is 0 Å². The number of aromatic amines is 2. The molecule has 18 heteroatoms. The number of para-hydroxylation sites is 3. The van der Waals surface area contributed by atoms with E-state index in [0.717, 1.165) is 57.8 Å². The summed E-state index contributed by atoms with van der Waals surface area (Å²) in [5.74, 6) is -1.08. The van der Waals surface area contributed by atoms with Crippen molar-refractivity contribution < 1.29 is 76.6 Å². The fourth-order valence-electron chi connectivity index (χ4n) is 8.04. The Labute approximate surface area is 381 Å². The number of aliphatic hydroxyl groups excluding tert-OH is 3. The number of nitrogens with zero attached hydrogens (tertiary/aromatic N) is 5. The van der Waals surface area contributed by atoms with E-state index in [1.807, 2.05) is 50.2 Å². The number of carbonyl (C=O) groups excluding carboxylic acids is 1. The Balaban J connectivity index is 0.000000160. The molecule has 0 saturated heterocycles. The Morgan fingerprint density at radius 1 is 0.780 bits per heavy atom. The number of nitrogens with one attached hydrogen (secondary N) is 3. The number of aliphatic hydroxyl groups is 3. The Hall–Kier alpha value is -3.95. The number of carboxylic acids is 1. The van der Waals surface area contributed by atoms with Crippen LogP contribution in [-0.4, -0.2) is 74.8 Å². The van der Waals surface area contributed by atoms with Gasteiger partial charge in [-0.2, -0.15) is 0 Å². The number of H-pyrrole nitrogens is 2. The standard InChI is InChI=1S/C14H19N3O2.C14H17N3O2.C11H13N3O2.C2H4O2.K/c2*1-8(2)15-11-6-7-17-12-9(13(11)18)4-3-5-10(12)16-14(17)19;12-7-4-5-14-9-6(10(7)15)2-1-3-8(9)13-11(14)16;1-2(3)4;/h3-5,8,11,13,15,18H,6-7H2,1-2H3,(H,16,19);3-5,11,13,18H,6-7H2,1-2H3,(H,16,19);1-3,7,10,15H,4-5,12H2,(H,13,16);1H3,(H,3,4);/q;;;;+1/p-2. The van der Waals surface area contributed by atoms with E-state index in [0.29, 0.717) is 49.6 Å². The molecular weight excluding hydrogens is 786 g/mol. The van der Waals surface area contributed by atoms with Crippen LogP contribution in [-0.2, 0) is 24.4 Å². The van der Waals surface area contributed by atoms with E-state index in [1.165, 1.54) is 0 Å². The average Bonchev–Trinajstić information content (AvgIpc) is 3.69. The normalized spacial score (nSPS) is 21.7. The number of hydrogen-bond acceptors (Lipinski definition) is 11. The van der Waals surface area contributed by atoms with Gasteiger partial charge in [-0.25, -0.2) is 9.59 Å². The van der Waals surface area contributed by atoms with Crippen LogP contribution in [0.3, 0.4) is 0 Å². The van der Waals surface area contributed by atoms with Crippen molar-refractivity contribution in [1.29, 1.82) is 0 Å². The first-order chi connectivity index (χ1) is 27.6. The molecule has 310 valence electrons. The fourth-order valence-corrected chi connectivity index (χ4v) is 8.04. The first-order valence-corrected chi connectivity index (χ1v) is 19.4. The predicted molar refractivity (Wildman–Crippen MR) is 219 cm³/mol. The molecule has 3 aromatic heterocycles. The molecule has 6 atom stereocenters. The largest absolute Gasteiger partial charge is 1.00 e. The van der Waals surface area contributed by atoms with Crippen molar-refractivity contribution in [2.75, 3.05) is 0 Å². The van der Waals surface area contributed by atoms with Crippen molar-refractivity contribution in [3.05, 3.63) is 103 Å². The Bertz CT molecular complexity index is 2630. The summed E-state index contributed by atoms with van der Waals surface area (Å²) in [5.41, 5.74) is 13.2. The number of carboxylic acid groups (broad SMARTS) is 1. The predicted octanol–water partition coefficient (Wildman–Crippen LogP) is -1.77. The van der Waals surface area contributed by atoms with Crippen LogP contribution in [0.4, 0.5) is 0 Å². The third-order valence-electron chi connectivity index (χ3n) is 10.5. The zero-order chi connectivity index (χ0) is 42.0. The number of rotatable bonds is 3. The minimum absolute atomic E-state index is 0. The minimum atomic E-state index is -1.08. The van der Waals surface area contributed by atoms with Crippen molar-refractivity contribution >= 4 is 44.8 Å². The number of aryl methyl sites for hydroxylation is 3. The molecule has 3 aliphatic rings. The van der Waals surface area contributed by atoms with Crippen molar-refractivity contribution in [3.8, 4) is 0 Å². The smallest absolute Gasteiger partial charge is 0.550 e. The quantitative estimate of drug-likeness (QED) is 0.0776. The fraction of sp³-hybridized carbons (Fsp3) is 0.439. The molecular formula is C41H51KN9O8-. The summed E-state index contributed by atoms with van der Waals surface area (Å²) in [4.78, 5) is 58.5. The molecule has 3 aromatic carbocycles. The van der Waals surface area contributed by atoms with Gasteiger partial charge in [0.2, 0.25) is 0 Å². The number of nitrogens with two attached hydrogens (primary N) is 1. The second kappa shape index (κ2) is 19.6. The van der Waals surface area contributed by atoms with Crippen LogP contribution in [0, 0.1) is 0 Å². The van der Waals surface area contributed by atoms with Gasteiger partial charge in [-0.1, -0.05) is 56.3 Å². The van der Waals surface area contributed by atoms with Gasteiger partial charge < -0.3 is 55.8 Å². The van der Waals surface area contributed by atoms with Crippen LogP contribution in [0.25, 0.3) is 33.1 Å². The number of aromatic nitrogens is 6. The van der Waals surface area contributed by atoms with E-state index in [-0.39, 0.29) is 86.6 Å². The van der Waals surface area contributed by atoms with Gasteiger partial charge in [0.1, 0.15) is 6.10 Å². The van der Waals surface area contributed by atoms with Gasteiger partial charge in [0, 0.05) is 54.0 Å². The van der Waals surface area contributed by atoms with E-state index < -0.39 is 24.3 Å². The summed E-state index contributed by atoms with van der Waals surface area (Å²) >= 11 is 0. The van der Waals surface area contributed by atoms with Crippen LogP contribution in [0.5, 0.6) is 0 Å². The van der Waals surface area contributed by atoms with Crippen LogP contribution in [0.1, 0.15) is 88.9 Å². The van der Waals surface area contributed by atoms with E-state index in [9.17, 15) is 29.7 Å². The minimum Gasteiger partial charge on any atom is -0.550 e. The summed E-state index contributed by atoms with van der Waals surface area (Å²) in [5, 5.41) is 43.4. The third-order valence-corrected chi connectivity index (χ3v) is 10.5. The molecule has 6 heterocycles. The maximum absolute atomic E-state index is 11.9. The Morgan fingerprint density at radius 2 is 1.27 bits per heavy atom. The molecule has 9 rings (SSSR count). The molecule has 6 aromatic rings. The van der Waals surface area contributed by atoms with Gasteiger partial charge in [0.25, 0.3) is 0 Å². The van der Waals surface area contributed by atoms with Gasteiger partial charge in [-0.15, -0.1) is 0 Å². The molecule has 0 saturated carbocycles. The number of benzene rings is 3. The second-order valence-electron chi connectivity index (χ2n) is 15.3. The topological polar surface area (TPSA) is 263 Å². The summed E-state index contributed by atoms with van der Waals surface area (Å²) in [6.45, 7) is 10.7. The molecule has 0 bridgehead atoms. The van der Waals surface area contributed by atoms with Gasteiger partial charge in [0.15, 0.2) is 5.69 Å². The Kier molecular flexibility index (Phi) is 15.3. The molecule has 6 unspecified atom stereocenters. The van der Waals surface area contributed by atoms with E-state index in [1.54, 1.807) is 31.9 Å². The molecule has 8 N–H and O–H groups in total. The molecule has 3 aliphatic heterocycles.